The minimum atomic E-state index is -0.617. The van der Waals surface area contributed by atoms with Gasteiger partial charge in [-0.3, -0.25) is 4.68 Å². The van der Waals surface area contributed by atoms with E-state index >= 15 is 0 Å². The van der Waals surface area contributed by atoms with Gasteiger partial charge in [-0.05, 0) is 19.4 Å². The molecule has 0 bridgehead atoms. The van der Waals surface area contributed by atoms with Crippen molar-refractivity contribution in [1.82, 2.24) is 9.78 Å². The highest BCUT2D eigenvalue weighted by molar-refractivity contribution is 5.02. The second-order valence-electron chi connectivity index (χ2n) is 3.51. The molecule has 3 heteroatoms. The number of hydrogen-bond donors (Lipinski definition) is 1. The second-order valence-corrected chi connectivity index (χ2v) is 3.51. The molecular weight excluding hydrogens is 152 g/mol. The SMILES string of the molecule is CCC(C)(O)Cc1ccn(C)n1. The summed E-state index contributed by atoms with van der Waals surface area (Å²) in [6.45, 7) is 3.81. The minimum absolute atomic E-state index is 0.617. The van der Waals surface area contributed by atoms with E-state index in [2.05, 4.69) is 5.10 Å². The fourth-order valence-electron chi connectivity index (χ4n) is 1.07. The zero-order valence-electron chi connectivity index (χ0n) is 7.91. The number of aromatic nitrogens is 2. The normalized spacial score (nSPS) is 16.0. The summed E-state index contributed by atoms with van der Waals surface area (Å²) in [5, 5.41) is 13.9. The van der Waals surface area contributed by atoms with Gasteiger partial charge in [-0.15, -0.1) is 0 Å². The lowest BCUT2D eigenvalue weighted by Crippen LogP contribution is -2.26. The molecule has 12 heavy (non-hydrogen) atoms. The summed E-state index contributed by atoms with van der Waals surface area (Å²) in [5.41, 5.74) is 0.332. The number of aryl methyl sites for hydroxylation is 1. The fourth-order valence-corrected chi connectivity index (χ4v) is 1.07. The molecule has 3 nitrogen and oxygen atoms in total. The molecule has 68 valence electrons. The van der Waals surface area contributed by atoms with Gasteiger partial charge in [-0.2, -0.15) is 5.10 Å². The van der Waals surface area contributed by atoms with Gasteiger partial charge in [0.1, 0.15) is 0 Å². The van der Waals surface area contributed by atoms with Crippen LogP contribution in [0.2, 0.25) is 0 Å². The Morgan fingerprint density at radius 2 is 2.33 bits per heavy atom. The van der Waals surface area contributed by atoms with Crippen molar-refractivity contribution < 1.29 is 5.11 Å². The average Bonchev–Trinajstić information content (AvgIpc) is 2.35. The summed E-state index contributed by atoms with van der Waals surface area (Å²) in [7, 11) is 1.88. The summed E-state index contributed by atoms with van der Waals surface area (Å²) in [6, 6.07) is 1.93. The highest BCUT2D eigenvalue weighted by Gasteiger charge is 2.19. The van der Waals surface area contributed by atoms with Crippen LogP contribution in [0, 0.1) is 0 Å². The molecule has 1 N–H and O–H groups in total. The van der Waals surface area contributed by atoms with Crippen molar-refractivity contribution in [3.63, 3.8) is 0 Å². The molecule has 1 aromatic heterocycles. The Bertz CT molecular complexity index is 253. The van der Waals surface area contributed by atoms with Gasteiger partial charge in [0.05, 0.1) is 11.3 Å². The van der Waals surface area contributed by atoms with Gasteiger partial charge >= 0.3 is 0 Å². The van der Waals surface area contributed by atoms with Gasteiger partial charge in [0, 0.05) is 19.7 Å². The Hall–Kier alpha value is -0.830. The van der Waals surface area contributed by atoms with Crippen LogP contribution in [0.15, 0.2) is 12.3 Å². The zero-order valence-corrected chi connectivity index (χ0v) is 7.91. The molecule has 0 amide bonds. The van der Waals surface area contributed by atoms with E-state index in [0.717, 1.165) is 12.1 Å². The molecule has 1 atom stereocenters. The summed E-state index contributed by atoms with van der Waals surface area (Å²) in [5.74, 6) is 0. The van der Waals surface area contributed by atoms with Crippen molar-refractivity contribution in [3.05, 3.63) is 18.0 Å². The summed E-state index contributed by atoms with van der Waals surface area (Å²) < 4.78 is 1.75. The van der Waals surface area contributed by atoms with Crippen molar-refractivity contribution in [1.29, 1.82) is 0 Å². The maximum Gasteiger partial charge on any atom is 0.0673 e. The minimum Gasteiger partial charge on any atom is -0.390 e. The van der Waals surface area contributed by atoms with Gasteiger partial charge in [-0.1, -0.05) is 6.92 Å². The Balaban J connectivity index is 2.63. The molecule has 1 rings (SSSR count). The van der Waals surface area contributed by atoms with E-state index in [1.54, 1.807) is 4.68 Å². The van der Waals surface area contributed by atoms with Crippen LogP contribution >= 0.6 is 0 Å². The van der Waals surface area contributed by atoms with Crippen LogP contribution in [0.1, 0.15) is 26.0 Å². The standard InChI is InChI=1S/C9H16N2O/c1-4-9(2,12)7-8-5-6-11(3)10-8/h5-6,12H,4,7H2,1-3H3. The second kappa shape index (κ2) is 3.27. The lowest BCUT2D eigenvalue weighted by atomic mass is 9.97. The van der Waals surface area contributed by atoms with Crippen molar-refractivity contribution >= 4 is 0 Å². The van der Waals surface area contributed by atoms with E-state index < -0.39 is 5.60 Å². The molecule has 0 aromatic carbocycles. The van der Waals surface area contributed by atoms with E-state index in [1.165, 1.54) is 0 Å². The smallest absolute Gasteiger partial charge is 0.0673 e. The average molecular weight is 168 g/mol. The Labute approximate surface area is 73.0 Å². The maximum atomic E-state index is 9.74. The molecule has 1 aromatic rings. The van der Waals surface area contributed by atoms with E-state index in [4.69, 9.17) is 0 Å². The quantitative estimate of drug-likeness (QED) is 0.734. The van der Waals surface area contributed by atoms with Crippen LogP contribution in [-0.4, -0.2) is 20.5 Å². The third kappa shape index (κ3) is 2.34. The van der Waals surface area contributed by atoms with E-state index in [1.807, 2.05) is 33.2 Å². The number of nitrogens with zero attached hydrogens (tertiary/aromatic N) is 2. The van der Waals surface area contributed by atoms with Crippen molar-refractivity contribution in [2.75, 3.05) is 0 Å². The molecule has 0 fully saturated rings. The lowest BCUT2D eigenvalue weighted by molar-refractivity contribution is 0.0553. The predicted octanol–water partition coefficient (Wildman–Crippen LogP) is 1.12. The maximum absolute atomic E-state index is 9.74. The van der Waals surface area contributed by atoms with Gasteiger partial charge in [0.15, 0.2) is 0 Å². The number of rotatable bonds is 3. The molecule has 0 saturated heterocycles. The lowest BCUT2D eigenvalue weighted by Gasteiger charge is -2.19. The highest BCUT2D eigenvalue weighted by atomic mass is 16.3. The van der Waals surface area contributed by atoms with Crippen LogP contribution in [0.25, 0.3) is 0 Å². The predicted molar refractivity (Wildman–Crippen MR) is 47.8 cm³/mol. The van der Waals surface area contributed by atoms with Crippen molar-refractivity contribution in [2.24, 2.45) is 7.05 Å². The molecule has 1 unspecified atom stereocenters. The highest BCUT2D eigenvalue weighted by Crippen LogP contribution is 2.14. The van der Waals surface area contributed by atoms with Crippen molar-refractivity contribution in [3.8, 4) is 0 Å². The molecule has 0 aliphatic heterocycles. The van der Waals surface area contributed by atoms with E-state index in [0.29, 0.717) is 6.42 Å². The fraction of sp³-hybridized carbons (Fsp3) is 0.667. The van der Waals surface area contributed by atoms with E-state index in [-0.39, 0.29) is 0 Å². The zero-order chi connectivity index (χ0) is 9.19. The molecule has 1 heterocycles. The number of aliphatic hydroxyl groups is 1. The van der Waals surface area contributed by atoms with Crippen LogP contribution in [0.5, 0.6) is 0 Å². The van der Waals surface area contributed by atoms with Crippen LogP contribution in [0.4, 0.5) is 0 Å². The largest absolute Gasteiger partial charge is 0.390 e. The molecule has 0 spiro atoms. The van der Waals surface area contributed by atoms with Gasteiger partial charge in [-0.25, -0.2) is 0 Å². The van der Waals surface area contributed by atoms with Crippen LogP contribution < -0.4 is 0 Å². The first kappa shape index (κ1) is 9.26. The Morgan fingerprint density at radius 3 is 2.75 bits per heavy atom. The van der Waals surface area contributed by atoms with E-state index in [9.17, 15) is 5.11 Å². The molecular formula is C9H16N2O. The molecule has 0 aliphatic carbocycles. The van der Waals surface area contributed by atoms with Gasteiger partial charge in [0.2, 0.25) is 0 Å². The van der Waals surface area contributed by atoms with Crippen molar-refractivity contribution in [2.45, 2.75) is 32.3 Å². The molecule has 0 saturated carbocycles. The third-order valence-corrected chi connectivity index (χ3v) is 2.09. The summed E-state index contributed by atoms with van der Waals surface area (Å²) in [4.78, 5) is 0. The van der Waals surface area contributed by atoms with Crippen LogP contribution in [-0.2, 0) is 13.5 Å². The first-order chi connectivity index (χ1) is 5.53. The van der Waals surface area contributed by atoms with Gasteiger partial charge < -0.3 is 5.11 Å². The topological polar surface area (TPSA) is 38.0 Å². The van der Waals surface area contributed by atoms with Crippen LogP contribution in [0.3, 0.4) is 0 Å². The molecule has 0 aliphatic rings. The monoisotopic (exact) mass is 168 g/mol. The Morgan fingerprint density at radius 1 is 1.67 bits per heavy atom. The first-order valence-electron chi connectivity index (χ1n) is 4.24. The molecule has 0 radical (unpaired) electrons. The first-order valence-corrected chi connectivity index (χ1v) is 4.24. The number of hydrogen-bond acceptors (Lipinski definition) is 2. The van der Waals surface area contributed by atoms with Gasteiger partial charge in [0.25, 0.3) is 0 Å². The summed E-state index contributed by atoms with van der Waals surface area (Å²) in [6.07, 6.45) is 3.27. The Kier molecular flexibility index (Phi) is 2.52. The summed E-state index contributed by atoms with van der Waals surface area (Å²) >= 11 is 0. The third-order valence-electron chi connectivity index (χ3n) is 2.09.